The third kappa shape index (κ3) is 9.68. The summed E-state index contributed by atoms with van der Waals surface area (Å²) in [7, 11) is 0. The molecule has 2 atom stereocenters. The Morgan fingerprint density at radius 3 is 1.14 bits per heavy atom. The Kier molecular flexibility index (Phi) is 13.1. The Labute approximate surface area is 269 Å². The molecule has 1 fully saturated rings. The summed E-state index contributed by atoms with van der Waals surface area (Å²) in [6.45, 7) is 26.7. The molecule has 0 unspecified atom stereocenters. The second-order valence-corrected chi connectivity index (χ2v) is 14.1. The molecule has 0 aliphatic heterocycles. The molecule has 240 valence electrons. The lowest BCUT2D eigenvalue weighted by atomic mass is 9.90. The van der Waals surface area contributed by atoms with Gasteiger partial charge in [-0.2, -0.15) is 0 Å². The molecular formula is C40H60N4. The number of para-hydroxylation sites is 2. The van der Waals surface area contributed by atoms with Crippen LogP contribution in [0.1, 0.15) is 155 Å². The zero-order chi connectivity index (χ0) is 32.6. The van der Waals surface area contributed by atoms with E-state index in [1.54, 1.807) is 0 Å². The van der Waals surface area contributed by atoms with Crippen molar-refractivity contribution < 1.29 is 0 Å². The summed E-state index contributed by atoms with van der Waals surface area (Å²) >= 11 is 0. The molecule has 4 heteroatoms. The van der Waals surface area contributed by atoms with E-state index in [9.17, 15) is 0 Å². The van der Waals surface area contributed by atoms with E-state index < -0.39 is 0 Å². The van der Waals surface area contributed by atoms with E-state index in [2.05, 4.69) is 142 Å². The molecule has 1 aliphatic carbocycles. The zero-order valence-corrected chi connectivity index (χ0v) is 29.8. The predicted octanol–water partition coefficient (Wildman–Crippen LogP) is 11.7. The van der Waals surface area contributed by atoms with Crippen molar-refractivity contribution in [3.63, 3.8) is 0 Å². The van der Waals surface area contributed by atoms with Gasteiger partial charge in [0.1, 0.15) is 0 Å². The summed E-state index contributed by atoms with van der Waals surface area (Å²) in [5.41, 5.74) is 12.3. The fourth-order valence-electron chi connectivity index (χ4n) is 6.47. The first-order valence-electron chi connectivity index (χ1n) is 17.0. The van der Waals surface area contributed by atoms with Crippen molar-refractivity contribution >= 4 is 22.8 Å². The van der Waals surface area contributed by atoms with E-state index in [-0.39, 0.29) is 12.1 Å². The molecule has 4 nitrogen and oxygen atoms in total. The Balaban J connectivity index is 1.81. The summed E-state index contributed by atoms with van der Waals surface area (Å²) in [6, 6.07) is 13.8. The normalized spacial score (nSPS) is 19.0. The van der Waals surface area contributed by atoms with Gasteiger partial charge in [-0.05, 0) is 98.6 Å². The molecule has 2 aromatic carbocycles. The minimum Gasteiger partial charge on any atom is -0.359 e. The summed E-state index contributed by atoms with van der Waals surface area (Å²) in [6.07, 6.45) is 9.02. The summed E-state index contributed by atoms with van der Waals surface area (Å²) < 4.78 is 0. The molecular weight excluding hydrogens is 536 g/mol. The van der Waals surface area contributed by atoms with Crippen molar-refractivity contribution in [3.05, 3.63) is 82.2 Å². The Bertz CT molecular complexity index is 1210. The van der Waals surface area contributed by atoms with Gasteiger partial charge in [-0.15, -0.1) is 0 Å². The molecule has 0 radical (unpaired) electrons. The fraction of sp³-hybridized carbons (Fsp3) is 0.550. The highest BCUT2D eigenvalue weighted by molar-refractivity contribution is 5.95. The number of hydrogen-bond donors (Lipinski definition) is 2. The Hall–Kier alpha value is -3.14. The molecule has 2 aromatic rings. The number of allylic oxidation sites excluding steroid dienone is 4. The molecule has 0 amide bonds. The van der Waals surface area contributed by atoms with Gasteiger partial charge in [-0.25, -0.2) is 0 Å². The SMILES string of the molecule is CC(/C=C(\C)Nc1c(C(C)C)cccc1C(C)C)=N[C@@H]1CCCC[C@H]1N=C(C)/C=C(\C)Nc1c(C(C)C)cccc1C(C)C. The van der Waals surface area contributed by atoms with Gasteiger partial charge in [0.25, 0.3) is 0 Å². The van der Waals surface area contributed by atoms with E-state index in [1.807, 2.05) is 0 Å². The second-order valence-electron chi connectivity index (χ2n) is 14.1. The van der Waals surface area contributed by atoms with Gasteiger partial charge in [0.05, 0.1) is 12.1 Å². The average molecular weight is 597 g/mol. The first kappa shape index (κ1) is 35.3. The van der Waals surface area contributed by atoms with E-state index in [4.69, 9.17) is 9.98 Å². The Morgan fingerprint density at radius 1 is 0.568 bits per heavy atom. The number of aliphatic imine (C=N–C) groups is 2. The maximum Gasteiger partial charge on any atom is 0.0726 e. The first-order chi connectivity index (χ1) is 20.8. The lowest BCUT2D eigenvalue weighted by Gasteiger charge is -2.27. The first-order valence-corrected chi connectivity index (χ1v) is 17.0. The van der Waals surface area contributed by atoms with Gasteiger partial charge in [-0.3, -0.25) is 9.98 Å². The molecule has 44 heavy (non-hydrogen) atoms. The minimum atomic E-state index is 0.216. The van der Waals surface area contributed by atoms with Crippen LogP contribution in [-0.4, -0.2) is 23.5 Å². The third-order valence-corrected chi connectivity index (χ3v) is 8.67. The van der Waals surface area contributed by atoms with Gasteiger partial charge >= 0.3 is 0 Å². The quantitative estimate of drug-likeness (QED) is 0.239. The number of nitrogens with one attached hydrogen (secondary N) is 2. The number of hydrogen-bond acceptors (Lipinski definition) is 4. The van der Waals surface area contributed by atoms with Crippen LogP contribution in [0, 0.1) is 0 Å². The molecule has 0 heterocycles. The number of benzene rings is 2. The van der Waals surface area contributed by atoms with Crippen molar-refractivity contribution in [3.8, 4) is 0 Å². The number of anilines is 2. The van der Waals surface area contributed by atoms with Gasteiger partial charge in [0, 0.05) is 34.2 Å². The van der Waals surface area contributed by atoms with E-state index in [0.717, 1.165) is 35.7 Å². The largest absolute Gasteiger partial charge is 0.359 e. The molecule has 0 bridgehead atoms. The van der Waals surface area contributed by atoms with Crippen molar-refractivity contribution in [2.75, 3.05) is 10.6 Å². The lowest BCUT2D eigenvalue weighted by molar-refractivity contribution is 0.388. The molecule has 0 aromatic heterocycles. The van der Waals surface area contributed by atoms with Crippen LogP contribution in [-0.2, 0) is 0 Å². The average Bonchev–Trinajstić information content (AvgIpc) is 2.93. The topological polar surface area (TPSA) is 48.8 Å². The van der Waals surface area contributed by atoms with E-state index in [1.165, 1.54) is 46.5 Å². The van der Waals surface area contributed by atoms with Crippen molar-refractivity contribution in [2.24, 2.45) is 9.98 Å². The van der Waals surface area contributed by atoms with Gasteiger partial charge in [0.15, 0.2) is 0 Å². The number of nitrogens with zero attached hydrogens (tertiary/aromatic N) is 2. The standard InChI is InChI=1S/C40H60N4/c1-25(2)33-17-15-18-34(26(3)4)39(33)43-31(11)23-29(9)41-37-21-13-14-22-38(37)42-30(10)24-32(12)44-40-35(27(5)6)19-16-20-36(40)28(7)8/h15-20,23-28,37-38,43-44H,13-14,21-22H2,1-12H3/b31-23+,32-24+,41-29?,42-30?/t37-,38-/m1/s1. The third-order valence-electron chi connectivity index (χ3n) is 8.67. The predicted molar refractivity (Wildman–Crippen MR) is 196 cm³/mol. The number of rotatable bonds is 12. The highest BCUT2D eigenvalue weighted by atomic mass is 14.9. The van der Waals surface area contributed by atoms with Crippen molar-refractivity contribution in [2.45, 2.75) is 145 Å². The maximum atomic E-state index is 5.23. The smallest absolute Gasteiger partial charge is 0.0726 e. The summed E-state index contributed by atoms with van der Waals surface area (Å²) in [4.78, 5) is 10.5. The van der Waals surface area contributed by atoms with Crippen LogP contribution in [0.5, 0.6) is 0 Å². The maximum absolute atomic E-state index is 5.23. The van der Waals surface area contributed by atoms with E-state index in [0.29, 0.717) is 23.7 Å². The molecule has 0 saturated heterocycles. The van der Waals surface area contributed by atoms with Gasteiger partial charge < -0.3 is 10.6 Å². The highest BCUT2D eigenvalue weighted by Gasteiger charge is 2.24. The molecule has 1 aliphatic rings. The van der Waals surface area contributed by atoms with Crippen LogP contribution in [0.3, 0.4) is 0 Å². The van der Waals surface area contributed by atoms with Crippen molar-refractivity contribution in [1.82, 2.24) is 0 Å². The molecule has 0 spiro atoms. The van der Waals surface area contributed by atoms with Gasteiger partial charge in [-0.1, -0.05) is 105 Å². The van der Waals surface area contributed by atoms with Gasteiger partial charge in [0.2, 0.25) is 0 Å². The Morgan fingerprint density at radius 2 is 0.864 bits per heavy atom. The second kappa shape index (κ2) is 16.3. The molecule has 3 rings (SSSR count). The van der Waals surface area contributed by atoms with Crippen LogP contribution in [0.15, 0.2) is 69.9 Å². The van der Waals surface area contributed by atoms with Crippen LogP contribution < -0.4 is 10.6 Å². The van der Waals surface area contributed by atoms with Crippen LogP contribution in [0.4, 0.5) is 11.4 Å². The molecule has 2 N–H and O–H groups in total. The lowest BCUT2D eigenvalue weighted by Crippen LogP contribution is -2.28. The van der Waals surface area contributed by atoms with Crippen LogP contribution >= 0.6 is 0 Å². The van der Waals surface area contributed by atoms with Crippen molar-refractivity contribution in [1.29, 1.82) is 0 Å². The molecule has 1 saturated carbocycles. The minimum absolute atomic E-state index is 0.216. The monoisotopic (exact) mass is 596 g/mol. The fourth-order valence-corrected chi connectivity index (χ4v) is 6.47. The van der Waals surface area contributed by atoms with Crippen LogP contribution in [0.25, 0.3) is 0 Å². The zero-order valence-electron chi connectivity index (χ0n) is 29.8. The van der Waals surface area contributed by atoms with E-state index >= 15 is 0 Å². The summed E-state index contributed by atoms with van der Waals surface area (Å²) in [5, 5.41) is 7.51. The highest BCUT2D eigenvalue weighted by Crippen LogP contribution is 2.34. The van der Waals surface area contributed by atoms with Crippen LogP contribution in [0.2, 0.25) is 0 Å². The summed E-state index contributed by atoms with van der Waals surface area (Å²) in [5.74, 6) is 1.83.